The van der Waals surface area contributed by atoms with E-state index < -0.39 is 0 Å². The number of carbonyl (C=O) groups excluding carboxylic acids is 1. The number of likely N-dealkylation sites (tertiary alicyclic amines) is 1. The zero-order chi connectivity index (χ0) is 17.9. The summed E-state index contributed by atoms with van der Waals surface area (Å²) in [6, 6.07) is 9.42. The van der Waals surface area contributed by atoms with Gasteiger partial charge in [-0.1, -0.05) is 12.8 Å². The third-order valence-corrected chi connectivity index (χ3v) is 5.09. The van der Waals surface area contributed by atoms with E-state index in [4.69, 9.17) is 9.52 Å². The van der Waals surface area contributed by atoms with Crippen LogP contribution in [0.15, 0.2) is 47.3 Å². The lowest BCUT2D eigenvalue weighted by Gasteiger charge is -2.28. The second-order valence-corrected chi connectivity index (χ2v) is 6.74. The van der Waals surface area contributed by atoms with Crippen LogP contribution in [0.5, 0.6) is 0 Å². The number of fused-ring (bicyclic) bond motifs is 1. The molecule has 1 saturated heterocycles. The Labute approximate surface area is 152 Å². The summed E-state index contributed by atoms with van der Waals surface area (Å²) >= 11 is 0. The summed E-state index contributed by atoms with van der Waals surface area (Å²) in [5.74, 6) is 0.875. The highest BCUT2D eigenvalue weighted by atomic mass is 16.3. The molecular formula is C20H23N3O3. The van der Waals surface area contributed by atoms with E-state index in [0.717, 1.165) is 49.0 Å². The monoisotopic (exact) mass is 353 g/mol. The Hall–Kier alpha value is -2.60. The lowest BCUT2D eigenvalue weighted by atomic mass is 10.1. The lowest BCUT2D eigenvalue weighted by Crippen LogP contribution is -2.34. The molecule has 1 aliphatic rings. The molecule has 3 heterocycles. The highest BCUT2D eigenvalue weighted by Gasteiger charge is 2.29. The molecule has 136 valence electrons. The number of aliphatic hydroxyl groups excluding tert-OH is 1. The van der Waals surface area contributed by atoms with Crippen molar-refractivity contribution in [2.45, 2.75) is 38.3 Å². The number of amides is 1. The van der Waals surface area contributed by atoms with Gasteiger partial charge in [0.05, 0.1) is 36.3 Å². The van der Waals surface area contributed by atoms with E-state index in [-0.39, 0.29) is 18.6 Å². The smallest absolute Gasteiger partial charge is 0.254 e. The number of imidazole rings is 1. The first kappa shape index (κ1) is 16.8. The SMILES string of the molecule is O=C(c1ccc2c(c1)ncn2CCO)N1CCCCCC1c1ccco1. The Kier molecular flexibility index (Phi) is 4.75. The molecule has 6 nitrogen and oxygen atoms in total. The molecule has 1 atom stereocenters. The van der Waals surface area contributed by atoms with Crippen LogP contribution in [0.25, 0.3) is 11.0 Å². The average Bonchev–Trinajstić information content (AvgIpc) is 3.26. The van der Waals surface area contributed by atoms with Gasteiger partial charge >= 0.3 is 0 Å². The molecule has 3 aromatic rings. The second kappa shape index (κ2) is 7.33. The van der Waals surface area contributed by atoms with Crippen LogP contribution in [0.1, 0.15) is 47.8 Å². The molecule has 1 N–H and O–H groups in total. The Morgan fingerprint density at radius 1 is 1.27 bits per heavy atom. The summed E-state index contributed by atoms with van der Waals surface area (Å²) in [4.78, 5) is 19.6. The third kappa shape index (κ3) is 3.12. The molecule has 0 spiro atoms. The first-order valence-electron chi connectivity index (χ1n) is 9.18. The van der Waals surface area contributed by atoms with Gasteiger partial charge < -0.3 is 19.0 Å². The molecule has 0 radical (unpaired) electrons. The fourth-order valence-corrected chi connectivity index (χ4v) is 3.78. The van der Waals surface area contributed by atoms with Gasteiger partial charge in [-0.25, -0.2) is 4.98 Å². The van der Waals surface area contributed by atoms with Crippen LogP contribution < -0.4 is 0 Å². The average molecular weight is 353 g/mol. The number of benzene rings is 1. The normalized spacial score (nSPS) is 18.2. The predicted octanol–water partition coefficient (Wildman–Crippen LogP) is 3.38. The van der Waals surface area contributed by atoms with Crippen molar-refractivity contribution in [3.05, 3.63) is 54.2 Å². The van der Waals surface area contributed by atoms with Crippen molar-refractivity contribution >= 4 is 16.9 Å². The van der Waals surface area contributed by atoms with Gasteiger partial charge in [-0.15, -0.1) is 0 Å². The van der Waals surface area contributed by atoms with E-state index in [2.05, 4.69) is 4.98 Å². The van der Waals surface area contributed by atoms with Crippen molar-refractivity contribution in [3.8, 4) is 0 Å². The van der Waals surface area contributed by atoms with Crippen LogP contribution in [0.4, 0.5) is 0 Å². The maximum Gasteiger partial charge on any atom is 0.254 e. The summed E-state index contributed by atoms with van der Waals surface area (Å²) in [6.45, 7) is 1.29. The molecule has 26 heavy (non-hydrogen) atoms. The molecule has 1 fully saturated rings. The van der Waals surface area contributed by atoms with Gasteiger partial charge in [0.2, 0.25) is 0 Å². The fraction of sp³-hybridized carbons (Fsp3) is 0.400. The fourth-order valence-electron chi connectivity index (χ4n) is 3.78. The van der Waals surface area contributed by atoms with Crippen LogP contribution >= 0.6 is 0 Å². The van der Waals surface area contributed by atoms with E-state index in [0.29, 0.717) is 12.1 Å². The summed E-state index contributed by atoms with van der Waals surface area (Å²) < 4.78 is 7.50. The van der Waals surface area contributed by atoms with Crippen molar-refractivity contribution in [1.29, 1.82) is 0 Å². The van der Waals surface area contributed by atoms with Crippen LogP contribution in [0, 0.1) is 0 Å². The Bertz CT molecular complexity index is 885. The molecule has 1 aliphatic heterocycles. The molecule has 0 bridgehead atoms. The maximum absolute atomic E-state index is 13.2. The molecule has 0 aliphatic carbocycles. The lowest BCUT2D eigenvalue weighted by molar-refractivity contribution is 0.0658. The summed E-state index contributed by atoms with van der Waals surface area (Å²) in [7, 11) is 0. The number of hydrogen-bond donors (Lipinski definition) is 1. The minimum Gasteiger partial charge on any atom is -0.467 e. The third-order valence-electron chi connectivity index (χ3n) is 5.09. The highest BCUT2D eigenvalue weighted by molar-refractivity contribution is 5.97. The van der Waals surface area contributed by atoms with E-state index in [1.807, 2.05) is 39.8 Å². The van der Waals surface area contributed by atoms with Crippen LogP contribution in [0.2, 0.25) is 0 Å². The summed E-state index contributed by atoms with van der Waals surface area (Å²) in [6.07, 6.45) is 7.53. The first-order chi connectivity index (χ1) is 12.8. The van der Waals surface area contributed by atoms with Crippen molar-refractivity contribution < 1.29 is 14.3 Å². The van der Waals surface area contributed by atoms with Crippen molar-refractivity contribution in [2.24, 2.45) is 0 Å². The zero-order valence-electron chi connectivity index (χ0n) is 14.7. The number of carbonyl (C=O) groups is 1. The minimum absolute atomic E-state index is 0.0114. The van der Waals surface area contributed by atoms with Crippen LogP contribution in [-0.2, 0) is 6.54 Å². The van der Waals surface area contributed by atoms with Crippen LogP contribution in [-0.4, -0.2) is 38.6 Å². The van der Waals surface area contributed by atoms with Crippen molar-refractivity contribution in [1.82, 2.24) is 14.5 Å². The van der Waals surface area contributed by atoms with Gasteiger partial charge in [0, 0.05) is 18.7 Å². The summed E-state index contributed by atoms with van der Waals surface area (Å²) in [5.41, 5.74) is 2.34. The van der Waals surface area contributed by atoms with E-state index in [9.17, 15) is 4.79 Å². The van der Waals surface area contributed by atoms with E-state index in [1.165, 1.54) is 0 Å². The summed E-state index contributed by atoms with van der Waals surface area (Å²) in [5, 5.41) is 9.14. The maximum atomic E-state index is 13.2. The van der Waals surface area contributed by atoms with Gasteiger partial charge in [-0.3, -0.25) is 4.79 Å². The first-order valence-corrected chi connectivity index (χ1v) is 9.18. The molecule has 2 aromatic heterocycles. The highest BCUT2D eigenvalue weighted by Crippen LogP contribution is 2.32. The van der Waals surface area contributed by atoms with Gasteiger partial charge in [0.15, 0.2) is 0 Å². The molecule has 1 amide bonds. The second-order valence-electron chi connectivity index (χ2n) is 6.74. The number of furan rings is 1. The molecular weight excluding hydrogens is 330 g/mol. The number of rotatable bonds is 4. The molecule has 4 rings (SSSR count). The van der Waals surface area contributed by atoms with Gasteiger partial charge in [0.1, 0.15) is 5.76 Å². The Morgan fingerprint density at radius 3 is 3.00 bits per heavy atom. The van der Waals surface area contributed by atoms with Crippen molar-refractivity contribution in [2.75, 3.05) is 13.2 Å². The van der Waals surface area contributed by atoms with Gasteiger partial charge in [-0.2, -0.15) is 0 Å². The number of nitrogens with zero attached hydrogens (tertiary/aromatic N) is 3. The standard InChI is InChI=1S/C20H23N3O3/c24-11-10-22-14-21-16-13-15(7-8-17(16)22)20(25)23-9-3-1-2-5-18(23)19-6-4-12-26-19/h4,6-8,12-14,18,24H,1-3,5,9-11H2. The minimum atomic E-state index is -0.0114. The van der Waals surface area contributed by atoms with Crippen LogP contribution in [0.3, 0.4) is 0 Å². The number of aromatic nitrogens is 2. The molecule has 1 unspecified atom stereocenters. The molecule has 6 heteroatoms. The molecule has 0 saturated carbocycles. The largest absolute Gasteiger partial charge is 0.467 e. The van der Waals surface area contributed by atoms with E-state index >= 15 is 0 Å². The van der Waals surface area contributed by atoms with Gasteiger partial charge in [0.25, 0.3) is 5.91 Å². The quantitative estimate of drug-likeness (QED) is 0.780. The topological polar surface area (TPSA) is 71.5 Å². The Morgan fingerprint density at radius 2 is 2.19 bits per heavy atom. The number of hydrogen-bond acceptors (Lipinski definition) is 4. The zero-order valence-corrected chi connectivity index (χ0v) is 14.7. The molecule has 1 aromatic carbocycles. The van der Waals surface area contributed by atoms with E-state index in [1.54, 1.807) is 12.6 Å². The Balaban J connectivity index is 1.65. The van der Waals surface area contributed by atoms with Gasteiger partial charge in [-0.05, 0) is 43.2 Å². The number of aliphatic hydroxyl groups is 1. The predicted molar refractivity (Wildman–Crippen MR) is 97.8 cm³/mol. The van der Waals surface area contributed by atoms with Crippen molar-refractivity contribution in [3.63, 3.8) is 0 Å².